The minimum Gasteiger partial charge on any atom is -0.481 e. The summed E-state index contributed by atoms with van der Waals surface area (Å²) in [5, 5.41) is 41.5. The number of anilines is 1. The fourth-order valence-corrected chi connectivity index (χ4v) is 3.20. The van der Waals surface area contributed by atoms with Crippen LogP contribution in [-0.2, 0) is 11.8 Å². The molecule has 4 N–H and O–H groups in total. The Kier molecular flexibility index (Phi) is 9.98. The van der Waals surface area contributed by atoms with Crippen LogP contribution in [0.5, 0.6) is 0 Å². The normalized spacial score (nSPS) is 14.4. The van der Waals surface area contributed by atoms with Crippen molar-refractivity contribution in [2.45, 2.75) is 38.9 Å². The molecule has 1 heterocycles. The summed E-state index contributed by atoms with van der Waals surface area (Å²) in [4.78, 5) is 20.8. The Bertz CT molecular complexity index is 1110. The lowest BCUT2D eigenvalue weighted by Gasteiger charge is -2.17. The van der Waals surface area contributed by atoms with E-state index in [0.717, 1.165) is 0 Å². The standard InChI is InChI=1S/C24H31FN6O4/c1-15(2)11-17(7-10-19(32)12-20(33)13-21(34)35)22(16-5-8-18(25)9-6-16)29-23(26)30(3)24-27-14-28-31(24)4/h5-11,14-15,19-20,26,32-33H,12-13H2,1-4H3,(H,34,35). The Hall–Kier alpha value is -3.70. The number of benzene rings is 1. The lowest BCUT2D eigenvalue weighted by atomic mass is 9.97. The lowest BCUT2D eigenvalue weighted by molar-refractivity contribution is -0.139. The molecule has 0 saturated heterocycles. The van der Waals surface area contributed by atoms with Crippen LogP contribution in [0.25, 0.3) is 0 Å². The number of hydrogen-bond donors (Lipinski definition) is 4. The number of nitrogens with zero attached hydrogens (tertiary/aromatic N) is 5. The van der Waals surface area contributed by atoms with E-state index in [1.807, 2.05) is 19.9 Å². The Labute approximate surface area is 203 Å². The van der Waals surface area contributed by atoms with Crippen LogP contribution in [-0.4, -0.2) is 67.0 Å². The van der Waals surface area contributed by atoms with Gasteiger partial charge in [-0.25, -0.2) is 14.1 Å². The smallest absolute Gasteiger partial charge is 0.305 e. The first-order chi connectivity index (χ1) is 16.5. The summed E-state index contributed by atoms with van der Waals surface area (Å²) >= 11 is 0. The van der Waals surface area contributed by atoms with E-state index in [1.54, 1.807) is 32.3 Å². The maximum absolute atomic E-state index is 13.6. The van der Waals surface area contributed by atoms with Crippen LogP contribution >= 0.6 is 0 Å². The second-order valence-corrected chi connectivity index (χ2v) is 8.31. The molecule has 1 aromatic heterocycles. The fourth-order valence-electron chi connectivity index (χ4n) is 3.20. The van der Waals surface area contributed by atoms with E-state index in [1.165, 1.54) is 34.1 Å². The number of carboxylic acids is 1. The maximum atomic E-state index is 13.6. The van der Waals surface area contributed by atoms with E-state index < -0.39 is 30.4 Å². The zero-order valence-corrected chi connectivity index (χ0v) is 20.1. The molecule has 0 aliphatic rings. The van der Waals surface area contributed by atoms with Gasteiger partial charge in [0.05, 0.1) is 24.3 Å². The van der Waals surface area contributed by atoms with Crippen LogP contribution in [0.4, 0.5) is 10.3 Å². The van der Waals surface area contributed by atoms with E-state index >= 15 is 0 Å². The monoisotopic (exact) mass is 486 g/mol. The summed E-state index contributed by atoms with van der Waals surface area (Å²) in [5.74, 6) is -1.29. The average Bonchev–Trinajstić information content (AvgIpc) is 3.20. The van der Waals surface area contributed by atoms with Gasteiger partial charge in [-0.3, -0.25) is 15.1 Å². The van der Waals surface area contributed by atoms with Crippen molar-refractivity contribution in [2.75, 3.05) is 11.9 Å². The molecule has 0 fully saturated rings. The van der Waals surface area contributed by atoms with Crippen molar-refractivity contribution in [1.82, 2.24) is 14.8 Å². The number of carboxylic acid groups (broad SMARTS) is 1. The van der Waals surface area contributed by atoms with E-state index in [4.69, 9.17) is 10.5 Å². The molecule has 2 rings (SSSR count). The number of aliphatic carboxylic acids is 1. The predicted molar refractivity (Wildman–Crippen MR) is 131 cm³/mol. The Morgan fingerprint density at radius 3 is 2.49 bits per heavy atom. The topological polar surface area (TPSA) is 148 Å². The number of aryl methyl sites for hydroxylation is 1. The number of hydrogen-bond acceptors (Lipinski definition) is 6. The number of nitrogens with one attached hydrogen (secondary N) is 1. The average molecular weight is 487 g/mol. The van der Waals surface area contributed by atoms with Crippen molar-refractivity contribution in [3.8, 4) is 0 Å². The van der Waals surface area contributed by atoms with Gasteiger partial charge >= 0.3 is 5.97 Å². The second kappa shape index (κ2) is 12.7. The van der Waals surface area contributed by atoms with Crippen molar-refractivity contribution in [2.24, 2.45) is 18.0 Å². The van der Waals surface area contributed by atoms with Gasteiger partial charge in [0.2, 0.25) is 11.9 Å². The van der Waals surface area contributed by atoms with Crippen LogP contribution in [0.1, 0.15) is 32.3 Å². The van der Waals surface area contributed by atoms with Crippen molar-refractivity contribution < 1.29 is 24.5 Å². The van der Waals surface area contributed by atoms with Gasteiger partial charge < -0.3 is 15.3 Å². The number of aliphatic hydroxyl groups is 2. The third kappa shape index (κ3) is 8.54. The maximum Gasteiger partial charge on any atom is 0.305 e. The number of aliphatic hydroxyl groups excluding tert-OH is 2. The zero-order valence-electron chi connectivity index (χ0n) is 20.1. The molecule has 0 aliphatic heterocycles. The Balaban J connectivity index is 2.46. The molecule has 188 valence electrons. The van der Waals surface area contributed by atoms with E-state index in [9.17, 15) is 19.4 Å². The molecule has 10 nitrogen and oxygen atoms in total. The third-order valence-corrected chi connectivity index (χ3v) is 4.85. The number of carbonyl (C=O) groups is 1. The molecule has 11 heteroatoms. The van der Waals surface area contributed by atoms with Crippen LogP contribution in [0.3, 0.4) is 0 Å². The summed E-state index contributed by atoms with van der Waals surface area (Å²) < 4.78 is 15.1. The van der Waals surface area contributed by atoms with E-state index in [-0.39, 0.29) is 18.3 Å². The van der Waals surface area contributed by atoms with E-state index in [0.29, 0.717) is 22.8 Å². The van der Waals surface area contributed by atoms with Crippen LogP contribution in [0.15, 0.2) is 59.4 Å². The van der Waals surface area contributed by atoms with Gasteiger partial charge in [-0.1, -0.05) is 32.1 Å². The molecule has 0 amide bonds. The quantitative estimate of drug-likeness (QED) is 0.229. The number of halogens is 1. The lowest BCUT2D eigenvalue weighted by Crippen LogP contribution is -2.28. The highest BCUT2D eigenvalue weighted by Gasteiger charge is 2.17. The van der Waals surface area contributed by atoms with Crippen molar-refractivity contribution in [1.29, 1.82) is 5.41 Å². The number of allylic oxidation sites excluding steroid dienone is 3. The number of aromatic nitrogens is 3. The van der Waals surface area contributed by atoms with Gasteiger partial charge in [-0.15, -0.1) is 0 Å². The molecule has 2 atom stereocenters. The molecule has 0 spiro atoms. The summed E-state index contributed by atoms with van der Waals surface area (Å²) in [5.41, 5.74) is 1.45. The molecule has 2 aromatic rings. The van der Waals surface area contributed by atoms with Crippen molar-refractivity contribution >= 4 is 23.6 Å². The molecular formula is C24H31FN6O4. The second-order valence-electron chi connectivity index (χ2n) is 8.31. The third-order valence-electron chi connectivity index (χ3n) is 4.85. The first-order valence-corrected chi connectivity index (χ1v) is 11.0. The predicted octanol–water partition coefficient (Wildman–Crippen LogP) is 2.54. The minimum atomic E-state index is -1.21. The minimum absolute atomic E-state index is 0.0562. The number of rotatable bonds is 10. The van der Waals surface area contributed by atoms with Gasteiger partial charge in [-0.05, 0) is 35.8 Å². The van der Waals surface area contributed by atoms with Crippen LogP contribution < -0.4 is 4.90 Å². The molecule has 0 aliphatic carbocycles. The first kappa shape index (κ1) is 27.5. The van der Waals surface area contributed by atoms with Gasteiger partial charge in [0.15, 0.2) is 0 Å². The number of aliphatic imine (C=N–C) groups is 1. The highest BCUT2D eigenvalue weighted by molar-refractivity contribution is 6.19. The molecule has 0 saturated carbocycles. The SMILES string of the molecule is CC(C)C=C(C=CC(O)CC(O)CC(=O)O)C(=NC(=N)N(C)c1ncnn1C)c1ccc(F)cc1. The summed E-state index contributed by atoms with van der Waals surface area (Å²) in [6, 6.07) is 5.65. The largest absolute Gasteiger partial charge is 0.481 e. The molecule has 0 bridgehead atoms. The van der Waals surface area contributed by atoms with Gasteiger partial charge in [0.1, 0.15) is 12.1 Å². The van der Waals surface area contributed by atoms with Gasteiger partial charge in [0.25, 0.3) is 0 Å². The fraction of sp³-hybridized carbons (Fsp3) is 0.375. The number of guanidine groups is 1. The molecule has 35 heavy (non-hydrogen) atoms. The van der Waals surface area contributed by atoms with Gasteiger partial charge in [-0.2, -0.15) is 10.1 Å². The summed E-state index contributed by atoms with van der Waals surface area (Å²) in [6.45, 7) is 3.89. The highest BCUT2D eigenvalue weighted by Crippen LogP contribution is 2.18. The Morgan fingerprint density at radius 2 is 1.94 bits per heavy atom. The molecular weight excluding hydrogens is 455 g/mol. The Morgan fingerprint density at radius 1 is 1.29 bits per heavy atom. The van der Waals surface area contributed by atoms with E-state index in [2.05, 4.69) is 15.1 Å². The summed E-state index contributed by atoms with van der Waals surface area (Å²) in [6.07, 6.45) is 3.28. The van der Waals surface area contributed by atoms with Crippen LogP contribution in [0, 0.1) is 17.1 Å². The van der Waals surface area contributed by atoms with Crippen LogP contribution in [0.2, 0.25) is 0 Å². The van der Waals surface area contributed by atoms with Crippen molar-refractivity contribution in [3.05, 3.63) is 65.8 Å². The summed E-state index contributed by atoms with van der Waals surface area (Å²) in [7, 11) is 3.30. The zero-order chi connectivity index (χ0) is 26.1. The molecule has 1 aromatic carbocycles. The molecule has 2 unspecified atom stereocenters. The van der Waals surface area contributed by atoms with Crippen molar-refractivity contribution in [3.63, 3.8) is 0 Å². The molecule has 0 radical (unpaired) electrons. The first-order valence-electron chi connectivity index (χ1n) is 11.0. The van der Waals surface area contributed by atoms with Gasteiger partial charge in [0, 0.05) is 26.1 Å². The highest BCUT2D eigenvalue weighted by atomic mass is 19.1.